The molecule has 0 radical (unpaired) electrons. The van der Waals surface area contributed by atoms with E-state index in [1.165, 1.54) is 4.90 Å². The van der Waals surface area contributed by atoms with E-state index in [1.807, 2.05) is 24.3 Å². The van der Waals surface area contributed by atoms with Crippen LogP contribution >= 0.6 is 11.6 Å². The summed E-state index contributed by atoms with van der Waals surface area (Å²) >= 11 is 6.58. The van der Waals surface area contributed by atoms with Crippen molar-refractivity contribution in [2.75, 3.05) is 43.5 Å². The number of hydrogen-bond acceptors (Lipinski definition) is 9. The minimum Gasteiger partial charge on any atom is -0.381 e. The number of piperidine rings is 2. The van der Waals surface area contributed by atoms with Crippen LogP contribution in [0.3, 0.4) is 0 Å². The van der Waals surface area contributed by atoms with E-state index < -0.39 is 17.8 Å². The average molecular weight is 676 g/mol. The average Bonchev–Trinajstić information content (AvgIpc) is 3.43. The van der Waals surface area contributed by atoms with Gasteiger partial charge in [-0.15, -0.1) is 0 Å². The molecule has 0 saturated carbocycles. The number of carbonyl (C=O) groups excluding carboxylic acids is 3. The van der Waals surface area contributed by atoms with Gasteiger partial charge in [0, 0.05) is 80.3 Å². The number of nitrogens with one attached hydrogen (secondary N) is 3. The Morgan fingerprint density at radius 2 is 1.81 bits per heavy atom. The van der Waals surface area contributed by atoms with Crippen molar-refractivity contribution in [3.05, 3.63) is 70.1 Å². The highest BCUT2D eigenvalue weighted by Crippen LogP contribution is 2.33. The van der Waals surface area contributed by atoms with Crippen molar-refractivity contribution in [1.29, 1.82) is 0 Å². The molecule has 0 spiro atoms. The van der Waals surface area contributed by atoms with Crippen molar-refractivity contribution in [2.24, 2.45) is 5.92 Å². The molecule has 4 aliphatic heterocycles. The first-order valence-corrected chi connectivity index (χ1v) is 17.1. The number of hydrogen-bond donors (Lipinski definition) is 3. The lowest BCUT2D eigenvalue weighted by Crippen LogP contribution is -2.52. The van der Waals surface area contributed by atoms with Gasteiger partial charge in [0.15, 0.2) is 0 Å². The molecule has 1 unspecified atom stereocenters. The first kappa shape index (κ1) is 32.4. The normalized spacial score (nSPS) is 20.9. The van der Waals surface area contributed by atoms with E-state index in [4.69, 9.17) is 21.3 Å². The minimum atomic E-state index is -0.770. The Morgan fingerprint density at radius 1 is 1.00 bits per heavy atom. The van der Waals surface area contributed by atoms with Crippen molar-refractivity contribution >= 4 is 41.0 Å². The molecule has 4 aliphatic rings. The van der Waals surface area contributed by atoms with Crippen LogP contribution in [0.4, 0.5) is 16.0 Å². The molecule has 3 amide bonds. The first-order chi connectivity index (χ1) is 23.3. The molecule has 3 fully saturated rings. The van der Waals surface area contributed by atoms with E-state index in [0.29, 0.717) is 28.6 Å². The zero-order valence-corrected chi connectivity index (χ0v) is 27.4. The molecule has 13 heteroatoms. The standard InChI is InChI=1S/C35H39ClFN7O4/c36-27-18-39-31(16-25(27)28-2-1-3-30(41-28)38-17-21-10-14-48-15-11-21)40-23-8-12-43(13-9-23)19-22-4-5-24-26(33(22)37)20-44(35(24)47)29-6-7-32(45)42-34(29)46/h1-5,16,18,21,23,29H,6-15,17,19-20H2,(H,38,41)(H,39,40)(H,42,45,46). The van der Waals surface area contributed by atoms with Gasteiger partial charge in [-0.3, -0.25) is 24.6 Å². The Kier molecular flexibility index (Phi) is 9.56. The van der Waals surface area contributed by atoms with Crippen molar-refractivity contribution in [1.82, 2.24) is 25.1 Å². The lowest BCUT2D eigenvalue weighted by atomic mass is 10.0. The van der Waals surface area contributed by atoms with Crippen LogP contribution in [0.25, 0.3) is 11.3 Å². The maximum Gasteiger partial charge on any atom is 0.255 e. The summed E-state index contributed by atoms with van der Waals surface area (Å²) < 4.78 is 21.2. The highest BCUT2D eigenvalue weighted by atomic mass is 35.5. The van der Waals surface area contributed by atoms with Gasteiger partial charge in [-0.1, -0.05) is 23.7 Å². The van der Waals surface area contributed by atoms with Crippen LogP contribution in [0.5, 0.6) is 0 Å². The predicted molar refractivity (Wildman–Crippen MR) is 179 cm³/mol. The fourth-order valence-corrected chi connectivity index (χ4v) is 7.26. The number of imide groups is 1. The van der Waals surface area contributed by atoms with Gasteiger partial charge >= 0.3 is 0 Å². The van der Waals surface area contributed by atoms with Gasteiger partial charge in [-0.2, -0.15) is 0 Å². The van der Waals surface area contributed by atoms with Gasteiger partial charge in [0.05, 0.1) is 17.3 Å². The van der Waals surface area contributed by atoms with Crippen LogP contribution in [-0.4, -0.2) is 82.4 Å². The number of ether oxygens (including phenoxy) is 1. The van der Waals surface area contributed by atoms with Crippen LogP contribution in [0.1, 0.15) is 60.0 Å². The zero-order valence-electron chi connectivity index (χ0n) is 26.6. The molecule has 6 heterocycles. The predicted octanol–water partition coefficient (Wildman–Crippen LogP) is 4.61. The number of nitrogens with zero attached hydrogens (tertiary/aromatic N) is 4. The van der Waals surface area contributed by atoms with E-state index in [1.54, 1.807) is 18.3 Å². The summed E-state index contributed by atoms with van der Waals surface area (Å²) in [7, 11) is 0. The number of carbonyl (C=O) groups is 3. The van der Waals surface area contributed by atoms with Crippen LogP contribution in [0.15, 0.2) is 42.6 Å². The number of amides is 3. The van der Waals surface area contributed by atoms with Crippen molar-refractivity contribution in [2.45, 2.75) is 63.7 Å². The Bertz CT molecular complexity index is 1710. The Balaban J connectivity index is 0.941. The molecule has 3 aromatic rings. The highest BCUT2D eigenvalue weighted by Gasteiger charge is 2.40. The summed E-state index contributed by atoms with van der Waals surface area (Å²) in [5.74, 6) is 0.486. The quantitative estimate of drug-likeness (QED) is 0.279. The second kappa shape index (κ2) is 14.2. The summed E-state index contributed by atoms with van der Waals surface area (Å²) in [5, 5.41) is 9.84. The lowest BCUT2D eigenvalue weighted by Gasteiger charge is -2.32. The summed E-state index contributed by atoms with van der Waals surface area (Å²) in [6.45, 7) is 4.45. The molecule has 7 rings (SSSR count). The molecule has 3 saturated heterocycles. The summed E-state index contributed by atoms with van der Waals surface area (Å²) in [5.41, 5.74) is 2.71. The fraction of sp³-hybridized carbons (Fsp3) is 0.457. The van der Waals surface area contributed by atoms with E-state index in [2.05, 4.69) is 25.8 Å². The maximum absolute atomic E-state index is 15.7. The van der Waals surface area contributed by atoms with Crippen molar-refractivity contribution in [3.8, 4) is 11.3 Å². The molecular formula is C35H39ClFN7O4. The van der Waals surface area contributed by atoms with E-state index in [9.17, 15) is 14.4 Å². The highest BCUT2D eigenvalue weighted by molar-refractivity contribution is 6.33. The monoisotopic (exact) mass is 675 g/mol. The molecular weight excluding hydrogens is 637 g/mol. The van der Waals surface area contributed by atoms with Gasteiger partial charge in [-0.25, -0.2) is 14.4 Å². The smallest absolute Gasteiger partial charge is 0.255 e. The van der Waals surface area contributed by atoms with Gasteiger partial charge in [0.25, 0.3) is 5.91 Å². The number of aromatic nitrogens is 2. The number of likely N-dealkylation sites (tertiary alicyclic amines) is 1. The zero-order chi connectivity index (χ0) is 33.2. The molecule has 252 valence electrons. The number of benzene rings is 1. The molecule has 11 nitrogen and oxygen atoms in total. The molecule has 2 aromatic heterocycles. The third kappa shape index (κ3) is 7.01. The second-order valence-corrected chi connectivity index (χ2v) is 13.5. The number of rotatable bonds is 9. The number of pyridine rings is 2. The molecule has 1 atom stereocenters. The van der Waals surface area contributed by atoms with Gasteiger partial charge in [0.2, 0.25) is 11.8 Å². The number of halogens is 2. The number of anilines is 2. The van der Waals surface area contributed by atoms with Gasteiger partial charge in [-0.05, 0) is 62.3 Å². The summed E-state index contributed by atoms with van der Waals surface area (Å²) in [6.07, 6.45) is 5.85. The molecule has 0 bridgehead atoms. The van der Waals surface area contributed by atoms with Crippen LogP contribution in [0, 0.1) is 11.7 Å². The lowest BCUT2D eigenvalue weighted by molar-refractivity contribution is -0.136. The van der Waals surface area contributed by atoms with Crippen molar-refractivity contribution in [3.63, 3.8) is 0 Å². The van der Waals surface area contributed by atoms with Crippen LogP contribution in [-0.2, 0) is 27.4 Å². The van der Waals surface area contributed by atoms with Gasteiger partial charge < -0.3 is 20.3 Å². The Morgan fingerprint density at radius 3 is 2.60 bits per heavy atom. The van der Waals surface area contributed by atoms with Gasteiger partial charge in [0.1, 0.15) is 23.5 Å². The van der Waals surface area contributed by atoms with E-state index in [0.717, 1.165) is 81.4 Å². The van der Waals surface area contributed by atoms with Crippen LogP contribution in [0.2, 0.25) is 5.02 Å². The molecule has 1 aromatic carbocycles. The Labute approximate surface area is 283 Å². The van der Waals surface area contributed by atoms with Crippen molar-refractivity contribution < 1.29 is 23.5 Å². The molecule has 3 N–H and O–H groups in total. The first-order valence-electron chi connectivity index (χ1n) is 16.7. The minimum absolute atomic E-state index is 0.0226. The summed E-state index contributed by atoms with van der Waals surface area (Å²) in [6, 6.07) is 10.6. The topological polar surface area (TPSA) is 129 Å². The summed E-state index contributed by atoms with van der Waals surface area (Å²) in [4.78, 5) is 49.9. The maximum atomic E-state index is 15.7. The fourth-order valence-electron chi connectivity index (χ4n) is 7.06. The van der Waals surface area contributed by atoms with E-state index >= 15 is 4.39 Å². The van der Waals surface area contributed by atoms with Crippen LogP contribution < -0.4 is 16.0 Å². The van der Waals surface area contributed by atoms with E-state index in [-0.39, 0.29) is 42.8 Å². The third-order valence-corrected chi connectivity index (χ3v) is 10.2. The third-order valence-electron chi connectivity index (χ3n) is 9.86. The molecule has 0 aliphatic carbocycles. The second-order valence-electron chi connectivity index (χ2n) is 13.1. The SMILES string of the molecule is O=C1CCC(N2Cc3c(ccc(CN4CCC(Nc5cc(-c6cccc(NCC7CCOCC7)n6)c(Cl)cn5)CC4)c3F)C2=O)C(=O)N1. The Hall–Kier alpha value is -4.13. The largest absolute Gasteiger partial charge is 0.381 e. The molecule has 48 heavy (non-hydrogen) atoms. The number of fused-ring (bicyclic) bond motifs is 1.